The van der Waals surface area contributed by atoms with Gasteiger partial charge in [0.2, 0.25) is 0 Å². The number of carbonyl (C=O) groups is 1. The molecule has 5 nitrogen and oxygen atoms in total. The van der Waals surface area contributed by atoms with Crippen LogP contribution in [0.15, 0.2) is 24.3 Å². The molecule has 0 radical (unpaired) electrons. The number of aliphatic hydroxyl groups is 1. The third-order valence-corrected chi connectivity index (χ3v) is 2.64. The Balaban J connectivity index is 2.50. The van der Waals surface area contributed by atoms with Crippen molar-refractivity contribution in [2.45, 2.75) is 26.0 Å². The molecule has 106 valence electrons. The number of methoxy groups -OCH3 is 1. The molecule has 2 unspecified atom stereocenters. The summed E-state index contributed by atoms with van der Waals surface area (Å²) in [6.07, 6.45) is -0.631. The van der Waals surface area contributed by atoms with Gasteiger partial charge in [0.05, 0.1) is 19.3 Å². The molecule has 0 saturated carbocycles. The van der Waals surface area contributed by atoms with E-state index in [0.717, 1.165) is 5.56 Å². The van der Waals surface area contributed by atoms with Crippen molar-refractivity contribution in [2.75, 3.05) is 20.3 Å². The summed E-state index contributed by atoms with van der Waals surface area (Å²) in [7, 11) is 1.51. The van der Waals surface area contributed by atoms with E-state index in [1.165, 1.54) is 7.11 Å². The molecule has 0 aliphatic rings. The van der Waals surface area contributed by atoms with Crippen LogP contribution >= 0.6 is 0 Å². The molecule has 0 saturated heterocycles. The highest BCUT2D eigenvalue weighted by Crippen LogP contribution is 2.13. The molecule has 1 rings (SSSR count). The first-order chi connectivity index (χ1) is 9.06. The summed E-state index contributed by atoms with van der Waals surface area (Å²) < 4.78 is 10.4. The van der Waals surface area contributed by atoms with E-state index in [0.29, 0.717) is 5.75 Å². The Morgan fingerprint density at radius 2 is 2.00 bits per heavy atom. The molecule has 19 heavy (non-hydrogen) atoms. The maximum absolute atomic E-state index is 11.9. The molecule has 0 aromatic heterocycles. The average molecular weight is 267 g/mol. The predicted molar refractivity (Wildman–Crippen MR) is 72.2 cm³/mol. The van der Waals surface area contributed by atoms with Crippen LogP contribution in [0.4, 0.5) is 0 Å². The van der Waals surface area contributed by atoms with Crippen LogP contribution in [0.3, 0.4) is 0 Å². The lowest BCUT2D eigenvalue weighted by atomic mass is 10.2. The number of benzene rings is 1. The first-order valence-corrected chi connectivity index (χ1v) is 6.20. The minimum absolute atomic E-state index is 0.170. The number of hydrogen-bond acceptors (Lipinski definition) is 4. The SMILES string of the molecule is COCC(CO)NC(=O)C(C)Oc1ccc(C)cc1. The quantitative estimate of drug-likeness (QED) is 0.770. The number of amides is 1. The van der Waals surface area contributed by atoms with E-state index in [-0.39, 0.29) is 19.1 Å². The summed E-state index contributed by atoms with van der Waals surface area (Å²) in [4.78, 5) is 11.9. The van der Waals surface area contributed by atoms with Gasteiger partial charge in [-0.2, -0.15) is 0 Å². The van der Waals surface area contributed by atoms with Crippen LogP contribution in [0.2, 0.25) is 0 Å². The molecule has 0 heterocycles. The molecular weight excluding hydrogens is 246 g/mol. The van der Waals surface area contributed by atoms with Gasteiger partial charge in [-0.25, -0.2) is 0 Å². The second-order valence-electron chi connectivity index (χ2n) is 4.42. The minimum atomic E-state index is -0.631. The number of rotatable bonds is 7. The zero-order valence-corrected chi connectivity index (χ0v) is 11.6. The third kappa shape index (κ3) is 5.28. The monoisotopic (exact) mass is 267 g/mol. The molecule has 5 heteroatoms. The molecule has 2 N–H and O–H groups in total. The molecule has 1 amide bonds. The summed E-state index contributed by atoms with van der Waals surface area (Å²) in [6, 6.07) is 7.06. The van der Waals surface area contributed by atoms with Gasteiger partial charge in [0.1, 0.15) is 5.75 Å². The zero-order chi connectivity index (χ0) is 14.3. The second kappa shape index (κ2) is 7.76. The Morgan fingerprint density at radius 1 is 1.37 bits per heavy atom. The first kappa shape index (κ1) is 15.5. The molecule has 0 fully saturated rings. The van der Waals surface area contributed by atoms with Gasteiger partial charge in [-0.1, -0.05) is 17.7 Å². The largest absolute Gasteiger partial charge is 0.481 e. The van der Waals surface area contributed by atoms with E-state index in [9.17, 15) is 4.79 Å². The Hall–Kier alpha value is -1.59. The van der Waals surface area contributed by atoms with E-state index in [2.05, 4.69) is 5.32 Å². The van der Waals surface area contributed by atoms with Crippen molar-refractivity contribution in [3.8, 4) is 5.75 Å². The van der Waals surface area contributed by atoms with Crippen LogP contribution < -0.4 is 10.1 Å². The lowest BCUT2D eigenvalue weighted by Crippen LogP contribution is -2.46. The van der Waals surface area contributed by atoms with Gasteiger partial charge in [0.25, 0.3) is 5.91 Å². The van der Waals surface area contributed by atoms with Gasteiger partial charge in [-0.3, -0.25) is 4.79 Å². The summed E-state index contributed by atoms with van der Waals surface area (Å²) in [5, 5.41) is 11.7. The van der Waals surface area contributed by atoms with Crippen molar-refractivity contribution < 1.29 is 19.4 Å². The topological polar surface area (TPSA) is 67.8 Å². The number of carbonyl (C=O) groups excluding carboxylic acids is 1. The van der Waals surface area contributed by atoms with Gasteiger partial charge in [0, 0.05) is 7.11 Å². The highest BCUT2D eigenvalue weighted by atomic mass is 16.5. The smallest absolute Gasteiger partial charge is 0.261 e. The van der Waals surface area contributed by atoms with E-state index in [4.69, 9.17) is 14.6 Å². The Labute approximate surface area is 113 Å². The highest BCUT2D eigenvalue weighted by Gasteiger charge is 2.18. The van der Waals surface area contributed by atoms with Crippen LogP contribution in [0.1, 0.15) is 12.5 Å². The lowest BCUT2D eigenvalue weighted by molar-refractivity contribution is -0.128. The van der Waals surface area contributed by atoms with Crippen LogP contribution in [0.5, 0.6) is 5.75 Å². The number of nitrogens with one attached hydrogen (secondary N) is 1. The predicted octanol–water partition coefficient (Wildman–Crippen LogP) is 0.886. The Bertz CT molecular complexity index is 391. The standard InChI is InChI=1S/C14H21NO4/c1-10-4-6-13(7-5-10)19-11(2)14(17)15-12(8-16)9-18-3/h4-7,11-12,16H,8-9H2,1-3H3,(H,15,17). The highest BCUT2D eigenvalue weighted by molar-refractivity contribution is 5.81. The molecule has 0 aliphatic carbocycles. The van der Waals surface area contributed by atoms with E-state index >= 15 is 0 Å². The summed E-state index contributed by atoms with van der Waals surface area (Å²) >= 11 is 0. The molecule has 0 aliphatic heterocycles. The number of aryl methyl sites for hydroxylation is 1. The fourth-order valence-corrected chi connectivity index (χ4v) is 1.53. The number of aliphatic hydroxyl groups excluding tert-OH is 1. The van der Waals surface area contributed by atoms with Gasteiger partial charge in [0.15, 0.2) is 6.10 Å². The number of ether oxygens (including phenoxy) is 2. The van der Waals surface area contributed by atoms with Gasteiger partial charge >= 0.3 is 0 Å². The van der Waals surface area contributed by atoms with Crippen LogP contribution in [-0.4, -0.2) is 43.5 Å². The van der Waals surface area contributed by atoms with Crippen molar-refractivity contribution in [3.05, 3.63) is 29.8 Å². The van der Waals surface area contributed by atoms with E-state index in [1.54, 1.807) is 6.92 Å². The summed E-state index contributed by atoms with van der Waals surface area (Å²) in [5.74, 6) is 0.359. The van der Waals surface area contributed by atoms with Crippen LogP contribution in [0.25, 0.3) is 0 Å². The molecule has 2 atom stereocenters. The van der Waals surface area contributed by atoms with E-state index in [1.807, 2.05) is 31.2 Å². The average Bonchev–Trinajstić information content (AvgIpc) is 2.40. The van der Waals surface area contributed by atoms with Crippen LogP contribution in [-0.2, 0) is 9.53 Å². The van der Waals surface area contributed by atoms with E-state index < -0.39 is 12.1 Å². The van der Waals surface area contributed by atoms with Gasteiger partial charge in [-0.05, 0) is 26.0 Å². The molecule has 0 bridgehead atoms. The van der Waals surface area contributed by atoms with Crippen LogP contribution in [0, 0.1) is 6.92 Å². The molecule has 0 spiro atoms. The van der Waals surface area contributed by atoms with Crippen molar-refractivity contribution in [1.29, 1.82) is 0 Å². The van der Waals surface area contributed by atoms with Crippen molar-refractivity contribution in [2.24, 2.45) is 0 Å². The fraction of sp³-hybridized carbons (Fsp3) is 0.500. The number of hydrogen-bond donors (Lipinski definition) is 2. The molecular formula is C14H21NO4. The van der Waals surface area contributed by atoms with Crippen molar-refractivity contribution in [3.63, 3.8) is 0 Å². The fourth-order valence-electron chi connectivity index (χ4n) is 1.53. The maximum atomic E-state index is 11.9. The zero-order valence-electron chi connectivity index (χ0n) is 11.6. The van der Waals surface area contributed by atoms with Crippen molar-refractivity contribution >= 4 is 5.91 Å². The third-order valence-electron chi connectivity index (χ3n) is 2.64. The summed E-state index contributed by atoms with van der Waals surface area (Å²) in [5.41, 5.74) is 1.13. The minimum Gasteiger partial charge on any atom is -0.481 e. The van der Waals surface area contributed by atoms with Gasteiger partial charge in [-0.15, -0.1) is 0 Å². The Kier molecular flexibility index (Phi) is 6.32. The lowest BCUT2D eigenvalue weighted by Gasteiger charge is -2.19. The molecule has 1 aromatic carbocycles. The van der Waals surface area contributed by atoms with Gasteiger partial charge < -0.3 is 19.9 Å². The molecule has 1 aromatic rings. The van der Waals surface area contributed by atoms with Crippen molar-refractivity contribution in [1.82, 2.24) is 5.32 Å². The normalized spacial score (nSPS) is 13.7. The maximum Gasteiger partial charge on any atom is 0.261 e. The summed E-state index contributed by atoms with van der Waals surface area (Å²) in [6.45, 7) is 3.74. The Morgan fingerprint density at radius 3 is 2.53 bits per heavy atom. The second-order valence-corrected chi connectivity index (χ2v) is 4.42. The first-order valence-electron chi connectivity index (χ1n) is 6.20.